The summed E-state index contributed by atoms with van der Waals surface area (Å²) in [5, 5.41) is 0. The van der Waals surface area contributed by atoms with E-state index in [-0.39, 0.29) is 0 Å². The number of H-pyrrole nitrogens is 1. The first kappa shape index (κ1) is 15.4. The number of hydrogen-bond acceptors (Lipinski definition) is 0. The number of aromatic amines is 1. The van der Waals surface area contributed by atoms with Gasteiger partial charge in [0.1, 0.15) is 13.1 Å². The van der Waals surface area contributed by atoms with Crippen LogP contribution in [0.3, 0.4) is 0 Å². The van der Waals surface area contributed by atoms with Crippen molar-refractivity contribution in [1.82, 2.24) is 4.98 Å². The highest BCUT2D eigenvalue weighted by atomic mass is 15.2. The number of nitrogens with zero attached hydrogens (tertiary/aromatic N) is 1. The number of piperidine rings is 1. The summed E-state index contributed by atoms with van der Waals surface area (Å²) >= 11 is 0. The monoisotopic (exact) mass is 321 g/mol. The maximum atomic E-state index is 3.65. The van der Waals surface area contributed by atoms with E-state index in [0.717, 1.165) is 13.0 Å². The number of fused-ring (bicyclic) bond motifs is 1. The van der Waals surface area contributed by atoms with E-state index in [1.807, 2.05) is 0 Å². The summed E-state index contributed by atoms with van der Waals surface area (Å²) in [7, 11) is 0. The van der Waals surface area contributed by atoms with E-state index in [1.165, 1.54) is 61.3 Å². The molecule has 0 aliphatic carbocycles. The van der Waals surface area contributed by atoms with Crippen LogP contribution in [0.15, 0.2) is 54.6 Å². The van der Waals surface area contributed by atoms with Gasteiger partial charge in [0.05, 0.1) is 19.5 Å². The molecule has 2 aromatic carbocycles. The quantitative estimate of drug-likeness (QED) is 0.673. The first-order valence-corrected chi connectivity index (χ1v) is 9.27. The molecule has 24 heavy (non-hydrogen) atoms. The van der Waals surface area contributed by atoms with Gasteiger partial charge in [-0.1, -0.05) is 42.5 Å². The van der Waals surface area contributed by atoms with Crippen LogP contribution in [0.1, 0.15) is 30.7 Å². The van der Waals surface area contributed by atoms with Gasteiger partial charge in [0.25, 0.3) is 5.82 Å². The second-order valence-electron chi connectivity index (χ2n) is 6.96. The van der Waals surface area contributed by atoms with E-state index in [2.05, 4.69) is 64.1 Å². The van der Waals surface area contributed by atoms with E-state index in [9.17, 15) is 0 Å². The summed E-state index contributed by atoms with van der Waals surface area (Å²) < 4.78 is 2.50. The molecule has 0 atom stereocenters. The van der Waals surface area contributed by atoms with E-state index < -0.39 is 0 Å². The van der Waals surface area contributed by atoms with Gasteiger partial charge in [-0.05, 0) is 37.0 Å². The summed E-state index contributed by atoms with van der Waals surface area (Å²) in [5.41, 5.74) is 3.94. The number of nitrogens with one attached hydrogen (secondary N) is 2. The van der Waals surface area contributed by atoms with Crippen molar-refractivity contribution in [3.63, 3.8) is 0 Å². The zero-order valence-electron chi connectivity index (χ0n) is 14.3. The van der Waals surface area contributed by atoms with Crippen LogP contribution in [0.2, 0.25) is 0 Å². The molecule has 1 fully saturated rings. The minimum absolute atomic E-state index is 0.963. The van der Waals surface area contributed by atoms with E-state index in [1.54, 1.807) is 4.90 Å². The lowest BCUT2D eigenvalue weighted by molar-refractivity contribution is -0.922. The van der Waals surface area contributed by atoms with Gasteiger partial charge in [0.2, 0.25) is 0 Å². The molecule has 0 unspecified atom stereocenters. The lowest BCUT2D eigenvalue weighted by Gasteiger charge is -2.22. The van der Waals surface area contributed by atoms with Gasteiger partial charge in [0, 0.05) is 0 Å². The molecule has 1 aliphatic heterocycles. The van der Waals surface area contributed by atoms with Crippen LogP contribution in [0.5, 0.6) is 0 Å². The predicted molar refractivity (Wildman–Crippen MR) is 97.2 cm³/mol. The fraction of sp³-hybridized carbons (Fsp3) is 0.381. The van der Waals surface area contributed by atoms with Crippen LogP contribution >= 0.6 is 0 Å². The predicted octanol–water partition coefficient (Wildman–Crippen LogP) is 2.11. The first-order chi connectivity index (χ1) is 11.9. The minimum atomic E-state index is 0.963. The molecule has 4 rings (SSSR count). The van der Waals surface area contributed by atoms with E-state index >= 15 is 0 Å². The average molecular weight is 321 g/mol. The van der Waals surface area contributed by atoms with Crippen LogP contribution < -0.4 is 9.47 Å². The molecule has 3 heteroatoms. The molecule has 1 aliphatic rings. The van der Waals surface area contributed by atoms with Crippen molar-refractivity contribution in [3.05, 3.63) is 66.0 Å². The Morgan fingerprint density at radius 3 is 2.46 bits per heavy atom. The molecule has 3 aromatic rings. The first-order valence-electron chi connectivity index (χ1n) is 9.27. The van der Waals surface area contributed by atoms with Gasteiger partial charge in [-0.15, -0.1) is 0 Å². The molecule has 124 valence electrons. The van der Waals surface area contributed by atoms with Crippen molar-refractivity contribution in [3.8, 4) is 0 Å². The molecule has 1 saturated heterocycles. The van der Waals surface area contributed by atoms with E-state index in [0.29, 0.717) is 0 Å². The second kappa shape index (κ2) is 7.18. The molecule has 0 radical (unpaired) electrons. The van der Waals surface area contributed by atoms with Crippen molar-refractivity contribution in [2.24, 2.45) is 0 Å². The highest BCUT2D eigenvalue weighted by Gasteiger charge is 2.21. The smallest absolute Gasteiger partial charge is 0.259 e. The third kappa shape index (κ3) is 3.36. The van der Waals surface area contributed by atoms with Crippen LogP contribution in [0.4, 0.5) is 0 Å². The van der Waals surface area contributed by atoms with Crippen LogP contribution in [0.25, 0.3) is 11.0 Å². The van der Waals surface area contributed by atoms with Crippen molar-refractivity contribution in [1.29, 1.82) is 0 Å². The second-order valence-corrected chi connectivity index (χ2v) is 6.96. The number of rotatable bonds is 5. The highest BCUT2D eigenvalue weighted by Crippen LogP contribution is 2.12. The number of imidazole rings is 1. The Hall–Kier alpha value is -2.13. The SMILES string of the molecule is c1ccc(Cc2[nH]c3ccccc3[n+]2CC[NH+]2CCCCC2)cc1. The summed E-state index contributed by atoms with van der Waals surface area (Å²) in [6.45, 7) is 5.02. The molecule has 0 saturated carbocycles. The molecule has 0 bridgehead atoms. The standard InChI is InChI=1S/C21H25N3/c1-3-9-18(10-4-1)17-21-22-19-11-5-6-12-20(19)24(21)16-15-23-13-7-2-8-14-23/h1,3-6,9-12H,2,7-8,13-17H2/p+2. The number of aromatic nitrogens is 2. The number of para-hydroxylation sites is 2. The maximum Gasteiger partial charge on any atom is 0.259 e. The Kier molecular flexibility index (Phi) is 4.61. The molecular weight excluding hydrogens is 294 g/mol. The minimum Gasteiger partial charge on any atom is -0.332 e. The van der Waals surface area contributed by atoms with Crippen LogP contribution in [0, 0.1) is 0 Å². The third-order valence-corrected chi connectivity index (χ3v) is 5.26. The van der Waals surface area contributed by atoms with E-state index in [4.69, 9.17) is 0 Å². The topological polar surface area (TPSA) is 24.1 Å². The van der Waals surface area contributed by atoms with Crippen molar-refractivity contribution in [2.45, 2.75) is 32.2 Å². The Morgan fingerprint density at radius 1 is 0.875 bits per heavy atom. The Bertz CT molecular complexity index is 785. The van der Waals surface area contributed by atoms with Crippen LogP contribution in [-0.2, 0) is 13.0 Å². The lowest BCUT2D eigenvalue weighted by Crippen LogP contribution is -3.13. The average Bonchev–Trinajstić information content (AvgIpc) is 2.99. The molecule has 2 N–H and O–H groups in total. The number of benzene rings is 2. The van der Waals surface area contributed by atoms with Gasteiger partial charge >= 0.3 is 0 Å². The maximum absolute atomic E-state index is 3.65. The molecule has 2 heterocycles. The fourth-order valence-corrected chi connectivity index (χ4v) is 3.94. The zero-order valence-corrected chi connectivity index (χ0v) is 14.3. The Labute approximate surface area is 143 Å². The summed E-state index contributed by atoms with van der Waals surface area (Å²) in [6.07, 6.45) is 5.17. The molecule has 0 spiro atoms. The highest BCUT2D eigenvalue weighted by molar-refractivity contribution is 5.71. The van der Waals surface area contributed by atoms with Gasteiger partial charge in [-0.3, -0.25) is 0 Å². The molecular formula is C21H27N3+2. The van der Waals surface area contributed by atoms with Crippen LogP contribution in [-0.4, -0.2) is 24.6 Å². The molecule has 0 amide bonds. The molecule has 3 nitrogen and oxygen atoms in total. The third-order valence-electron chi connectivity index (χ3n) is 5.26. The molecule has 1 aromatic heterocycles. The Morgan fingerprint density at radius 2 is 1.62 bits per heavy atom. The summed E-state index contributed by atoms with van der Waals surface area (Å²) in [5.74, 6) is 1.32. The van der Waals surface area contributed by atoms with Gasteiger partial charge in [0.15, 0.2) is 11.0 Å². The largest absolute Gasteiger partial charge is 0.332 e. The summed E-state index contributed by atoms with van der Waals surface area (Å²) in [6, 6.07) is 19.5. The fourth-order valence-electron chi connectivity index (χ4n) is 3.94. The summed E-state index contributed by atoms with van der Waals surface area (Å²) in [4.78, 5) is 5.42. The number of hydrogen-bond donors (Lipinski definition) is 2. The number of quaternary nitrogens is 1. The van der Waals surface area contributed by atoms with Gasteiger partial charge in [-0.2, -0.15) is 0 Å². The van der Waals surface area contributed by atoms with Gasteiger partial charge < -0.3 is 4.90 Å². The zero-order chi connectivity index (χ0) is 16.2. The van der Waals surface area contributed by atoms with Crippen molar-refractivity contribution in [2.75, 3.05) is 19.6 Å². The van der Waals surface area contributed by atoms with Gasteiger partial charge in [-0.25, -0.2) is 9.55 Å². The van der Waals surface area contributed by atoms with Crippen molar-refractivity contribution < 1.29 is 9.47 Å². The Balaban J connectivity index is 1.60. The number of likely N-dealkylation sites (tertiary alicyclic amines) is 1. The van der Waals surface area contributed by atoms with Crippen molar-refractivity contribution >= 4 is 11.0 Å². The normalized spacial score (nSPS) is 15.8. The lowest BCUT2D eigenvalue weighted by atomic mass is 10.1.